The number of aryl methyl sites for hydroxylation is 1. The summed E-state index contributed by atoms with van der Waals surface area (Å²) in [5.74, 6) is -0.250. The van der Waals surface area contributed by atoms with Crippen molar-refractivity contribution < 1.29 is 18.7 Å². The first kappa shape index (κ1) is 16.8. The van der Waals surface area contributed by atoms with Crippen LogP contribution in [0.5, 0.6) is 0 Å². The molecular formula is C19H25FN2O3. The van der Waals surface area contributed by atoms with Gasteiger partial charge < -0.3 is 20.1 Å². The maximum atomic E-state index is 13.6. The molecule has 2 heterocycles. The van der Waals surface area contributed by atoms with Crippen molar-refractivity contribution in [1.82, 2.24) is 10.6 Å². The van der Waals surface area contributed by atoms with Crippen LogP contribution in [0.15, 0.2) is 18.2 Å². The van der Waals surface area contributed by atoms with Gasteiger partial charge in [0.05, 0.1) is 18.2 Å². The van der Waals surface area contributed by atoms with E-state index in [9.17, 15) is 9.18 Å². The fourth-order valence-electron chi connectivity index (χ4n) is 4.32. The summed E-state index contributed by atoms with van der Waals surface area (Å²) in [7, 11) is 0. The molecule has 1 aromatic carbocycles. The van der Waals surface area contributed by atoms with E-state index < -0.39 is 0 Å². The molecule has 3 aliphatic rings. The van der Waals surface area contributed by atoms with Crippen LogP contribution >= 0.6 is 0 Å². The van der Waals surface area contributed by atoms with Crippen molar-refractivity contribution in [3.05, 3.63) is 35.1 Å². The molecule has 2 N–H and O–H groups in total. The third-order valence-electron chi connectivity index (χ3n) is 5.62. The van der Waals surface area contributed by atoms with E-state index in [1.807, 2.05) is 6.07 Å². The number of ether oxygens (including phenoxy) is 2. The Labute approximate surface area is 147 Å². The molecule has 6 heteroatoms. The van der Waals surface area contributed by atoms with Gasteiger partial charge in [-0.15, -0.1) is 0 Å². The highest BCUT2D eigenvalue weighted by molar-refractivity contribution is 5.75. The second-order valence-electron chi connectivity index (χ2n) is 7.43. The van der Waals surface area contributed by atoms with E-state index in [0.29, 0.717) is 13.2 Å². The predicted octanol–water partition coefficient (Wildman–Crippen LogP) is 2.84. The number of benzene rings is 1. The van der Waals surface area contributed by atoms with Crippen LogP contribution in [0.25, 0.3) is 0 Å². The zero-order valence-corrected chi connectivity index (χ0v) is 14.4. The Morgan fingerprint density at radius 2 is 2.16 bits per heavy atom. The number of urea groups is 1. The fourth-order valence-corrected chi connectivity index (χ4v) is 4.32. The van der Waals surface area contributed by atoms with Crippen LogP contribution in [0, 0.1) is 5.82 Å². The Balaban J connectivity index is 1.37. The lowest BCUT2D eigenvalue weighted by Crippen LogP contribution is -2.51. The molecule has 1 aromatic rings. The molecule has 5 nitrogen and oxygen atoms in total. The van der Waals surface area contributed by atoms with Gasteiger partial charge in [-0.1, -0.05) is 6.07 Å². The van der Waals surface area contributed by atoms with Gasteiger partial charge in [0.25, 0.3) is 0 Å². The molecule has 25 heavy (non-hydrogen) atoms. The summed E-state index contributed by atoms with van der Waals surface area (Å²) in [4.78, 5) is 12.5. The molecule has 2 saturated heterocycles. The van der Waals surface area contributed by atoms with E-state index >= 15 is 0 Å². The van der Waals surface area contributed by atoms with E-state index in [-0.39, 0.29) is 29.5 Å². The number of amides is 2. The maximum Gasteiger partial charge on any atom is 0.315 e. The number of carbonyl (C=O) groups excluding carboxylic acids is 1. The molecule has 1 aliphatic carbocycles. The number of rotatable bonds is 2. The minimum atomic E-state index is -0.250. The molecule has 2 unspecified atom stereocenters. The minimum absolute atomic E-state index is 0.0889. The fraction of sp³-hybridized carbons (Fsp3) is 0.632. The van der Waals surface area contributed by atoms with E-state index in [1.54, 1.807) is 6.07 Å². The van der Waals surface area contributed by atoms with E-state index in [2.05, 4.69) is 10.6 Å². The van der Waals surface area contributed by atoms with Crippen LogP contribution in [0.2, 0.25) is 0 Å². The molecule has 136 valence electrons. The first-order valence-corrected chi connectivity index (χ1v) is 9.21. The average molecular weight is 348 g/mol. The van der Waals surface area contributed by atoms with Crippen molar-refractivity contribution in [2.45, 2.75) is 56.2 Å². The summed E-state index contributed by atoms with van der Waals surface area (Å²) in [6.45, 7) is 1.98. The van der Waals surface area contributed by atoms with Crippen molar-refractivity contribution in [3.8, 4) is 0 Å². The zero-order valence-electron chi connectivity index (χ0n) is 14.4. The number of halogens is 1. The van der Waals surface area contributed by atoms with Crippen molar-refractivity contribution in [2.24, 2.45) is 0 Å². The van der Waals surface area contributed by atoms with Crippen LogP contribution in [0.1, 0.15) is 49.3 Å². The molecule has 2 amide bonds. The largest absolute Gasteiger partial charge is 0.378 e. The lowest BCUT2D eigenvalue weighted by molar-refractivity contribution is -0.0878. The second-order valence-corrected chi connectivity index (χ2v) is 7.43. The zero-order chi connectivity index (χ0) is 17.3. The lowest BCUT2D eigenvalue weighted by Gasteiger charge is -2.37. The van der Waals surface area contributed by atoms with Crippen molar-refractivity contribution in [3.63, 3.8) is 0 Å². The summed E-state index contributed by atoms with van der Waals surface area (Å²) in [6.07, 6.45) is 5.28. The van der Waals surface area contributed by atoms with Crippen molar-refractivity contribution in [1.29, 1.82) is 0 Å². The Kier molecular flexibility index (Phi) is 4.65. The molecule has 1 spiro atoms. The maximum absolute atomic E-state index is 13.6. The lowest BCUT2D eigenvalue weighted by atomic mass is 9.87. The predicted molar refractivity (Wildman–Crippen MR) is 90.9 cm³/mol. The number of hydrogen-bond acceptors (Lipinski definition) is 3. The standard InChI is InChI=1S/C19H25FN2O3/c20-14-5-4-13-2-1-3-17(16(13)10-14)22-18(23)21-15-6-8-25-19(11-15)7-9-24-12-19/h4-5,10,15,17H,1-3,6-9,11-12H2,(H2,21,22,23)/t15?,17-,19?/m0/s1. The summed E-state index contributed by atoms with van der Waals surface area (Å²) < 4.78 is 25.0. The van der Waals surface area contributed by atoms with Gasteiger partial charge in [0.1, 0.15) is 5.82 Å². The Morgan fingerprint density at radius 3 is 3.00 bits per heavy atom. The van der Waals surface area contributed by atoms with Gasteiger partial charge in [0.15, 0.2) is 0 Å². The SMILES string of the molecule is O=C(NC1CCOC2(CCOC2)C1)N[C@H]1CCCc2ccc(F)cc21. The van der Waals surface area contributed by atoms with Gasteiger partial charge in [0.2, 0.25) is 0 Å². The topological polar surface area (TPSA) is 59.6 Å². The van der Waals surface area contributed by atoms with Crippen LogP contribution in [-0.4, -0.2) is 37.5 Å². The molecular weight excluding hydrogens is 323 g/mol. The van der Waals surface area contributed by atoms with Gasteiger partial charge >= 0.3 is 6.03 Å². The van der Waals surface area contributed by atoms with Crippen LogP contribution in [0.3, 0.4) is 0 Å². The monoisotopic (exact) mass is 348 g/mol. The number of carbonyl (C=O) groups is 1. The van der Waals surface area contributed by atoms with Gasteiger partial charge in [-0.3, -0.25) is 0 Å². The van der Waals surface area contributed by atoms with Crippen LogP contribution in [-0.2, 0) is 15.9 Å². The third kappa shape index (κ3) is 3.65. The quantitative estimate of drug-likeness (QED) is 0.864. The Morgan fingerprint density at radius 1 is 1.24 bits per heavy atom. The Bertz CT molecular complexity index is 646. The number of nitrogens with one attached hydrogen (secondary N) is 2. The number of hydrogen-bond donors (Lipinski definition) is 2. The molecule has 0 bridgehead atoms. The van der Waals surface area contributed by atoms with Gasteiger partial charge in [-0.05, 0) is 55.4 Å². The minimum Gasteiger partial charge on any atom is -0.378 e. The molecule has 3 atom stereocenters. The van der Waals surface area contributed by atoms with Crippen LogP contribution in [0.4, 0.5) is 9.18 Å². The molecule has 4 rings (SSSR count). The van der Waals surface area contributed by atoms with E-state index in [1.165, 1.54) is 6.07 Å². The molecule has 2 aliphatic heterocycles. The van der Waals surface area contributed by atoms with E-state index in [4.69, 9.17) is 9.47 Å². The summed E-state index contributed by atoms with van der Waals surface area (Å²) in [5.41, 5.74) is 1.82. The van der Waals surface area contributed by atoms with Gasteiger partial charge in [-0.2, -0.15) is 0 Å². The highest BCUT2D eigenvalue weighted by atomic mass is 19.1. The smallest absolute Gasteiger partial charge is 0.315 e. The second kappa shape index (κ2) is 6.92. The van der Waals surface area contributed by atoms with Crippen LogP contribution < -0.4 is 10.6 Å². The first-order chi connectivity index (χ1) is 12.1. The van der Waals surface area contributed by atoms with Crippen molar-refractivity contribution in [2.75, 3.05) is 19.8 Å². The molecule has 0 saturated carbocycles. The average Bonchev–Trinajstić information content (AvgIpc) is 3.03. The molecule has 0 radical (unpaired) electrons. The van der Waals surface area contributed by atoms with Gasteiger partial charge in [-0.25, -0.2) is 9.18 Å². The Hall–Kier alpha value is -1.66. The first-order valence-electron chi connectivity index (χ1n) is 9.21. The molecule has 2 fully saturated rings. The normalized spacial score (nSPS) is 31.6. The molecule has 0 aromatic heterocycles. The summed E-state index contributed by atoms with van der Waals surface area (Å²) in [5, 5.41) is 6.12. The third-order valence-corrected chi connectivity index (χ3v) is 5.62. The van der Waals surface area contributed by atoms with Gasteiger partial charge in [0, 0.05) is 25.7 Å². The van der Waals surface area contributed by atoms with E-state index in [0.717, 1.165) is 56.3 Å². The summed E-state index contributed by atoms with van der Waals surface area (Å²) in [6, 6.07) is 4.67. The van der Waals surface area contributed by atoms with Crippen molar-refractivity contribution >= 4 is 6.03 Å². The highest BCUT2D eigenvalue weighted by Crippen LogP contribution is 2.33. The summed E-state index contributed by atoms with van der Waals surface area (Å²) >= 11 is 0. The number of fused-ring (bicyclic) bond motifs is 1. The highest BCUT2D eigenvalue weighted by Gasteiger charge is 2.41.